The highest BCUT2D eigenvalue weighted by molar-refractivity contribution is 9.10. The van der Waals surface area contributed by atoms with Gasteiger partial charge in [0.05, 0.1) is 12.7 Å². The van der Waals surface area contributed by atoms with Gasteiger partial charge in [0.15, 0.2) is 5.11 Å². The maximum Gasteiger partial charge on any atom is 0.256 e. The molecule has 0 radical (unpaired) electrons. The van der Waals surface area contributed by atoms with Crippen molar-refractivity contribution in [1.29, 1.82) is 0 Å². The van der Waals surface area contributed by atoms with Crippen LogP contribution in [0, 0.1) is 0 Å². The molecule has 144 valence electrons. The fourth-order valence-electron chi connectivity index (χ4n) is 2.11. The molecule has 0 heterocycles. The van der Waals surface area contributed by atoms with E-state index in [-0.39, 0.29) is 5.11 Å². The van der Waals surface area contributed by atoms with Crippen molar-refractivity contribution in [2.75, 3.05) is 12.4 Å². The predicted octanol–water partition coefficient (Wildman–Crippen LogP) is 4.87. The van der Waals surface area contributed by atoms with Crippen LogP contribution in [0.4, 0.5) is 5.69 Å². The van der Waals surface area contributed by atoms with Gasteiger partial charge in [-0.05, 0) is 42.5 Å². The van der Waals surface area contributed by atoms with Gasteiger partial charge in [-0.2, -0.15) is 0 Å². The van der Waals surface area contributed by atoms with E-state index in [2.05, 4.69) is 31.9 Å². The molecule has 0 aliphatic heterocycles. The second kappa shape index (κ2) is 9.80. The van der Waals surface area contributed by atoms with Crippen molar-refractivity contribution in [1.82, 2.24) is 10.6 Å². The van der Waals surface area contributed by atoms with E-state index < -0.39 is 15.9 Å². The molecule has 0 spiro atoms. The molecule has 2 rings (SSSR count). The van der Waals surface area contributed by atoms with Crippen molar-refractivity contribution in [3.8, 4) is 5.75 Å². The van der Waals surface area contributed by atoms with Crippen molar-refractivity contribution in [2.24, 2.45) is 0 Å². The van der Waals surface area contributed by atoms with Gasteiger partial charge >= 0.3 is 0 Å². The Balaban J connectivity index is 2.11. The number of halogens is 4. The van der Waals surface area contributed by atoms with Crippen LogP contribution in [0.25, 0.3) is 0 Å². The monoisotopic (exact) mass is 509 g/mol. The van der Waals surface area contributed by atoms with Gasteiger partial charge < -0.3 is 20.7 Å². The molecule has 0 aliphatic carbocycles. The van der Waals surface area contributed by atoms with Gasteiger partial charge in [-0.3, -0.25) is 4.79 Å². The minimum Gasteiger partial charge on any atom is -0.496 e. The van der Waals surface area contributed by atoms with Gasteiger partial charge in [0.1, 0.15) is 11.9 Å². The molecule has 0 saturated carbocycles. The molecule has 0 fully saturated rings. The summed E-state index contributed by atoms with van der Waals surface area (Å²) in [7, 11) is 1.47. The maximum absolute atomic E-state index is 12.6. The maximum atomic E-state index is 12.6. The molecule has 1 atom stereocenters. The Labute approximate surface area is 185 Å². The summed E-state index contributed by atoms with van der Waals surface area (Å²) in [5.74, 6) is -0.0885. The summed E-state index contributed by atoms with van der Waals surface area (Å²) in [6, 6.07) is 14.1. The van der Waals surface area contributed by atoms with Crippen LogP contribution in [0.15, 0.2) is 53.0 Å². The first-order chi connectivity index (χ1) is 12.7. The fourth-order valence-corrected chi connectivity index (χ4v) is 3.07. The number of methoxy groups -OCH3 is 1. The zero-order chi connectivity index (χ0) is 20.0. The van der Waals surface area contributed by atoms with Crippen LogP contribution >= 0.6 is 63.0 Å². The lowest BCUT2D eigenvalue weighted by atomic mass is 10.2. The SMILES string of the molecule is COc1ccccc1C(=O)N[C@@H](NC(=S)Nc1cccc(Br)c1)C(Cl)(Cl)Cl. The van der Waals surface area contributed by atoms with Gasteiger partial charge in [0.25, 0.3) is 5.91 Å². The molecule has 5 nitrogen and oxygen atoms in total. The number of thiocarbonyl (C=S) groups is 1. The van der Waals surface area contributed by atoms with Crippen molar-refractivity contribution in [2.45, 2.75) is 9.96 Å². The van der Waals surface area contributed by atoms with Crippen LogP contribution in [0.3, 0.4) is 0 Å². The number of anilines is 1. The average Bonchev–Trinajstić information content (AvgIpc) is 2.60. The third-order valence-corrected chi connectivity index (χ3v) is 4.68. The molecule has 0 saturated heterocycles. The second-order valence-electron chi connectivity index (χ2n) is 5.26. The van der Waals surface area contributed by atoms with Crippen LogP contribution in [0.5, 0.6) is 5.75 Å². The third kappa shape index (κ3) is 6.69. The van der Waals surface area contributed by atoms with E-state index in [1.54, 1.807) is 24.3 Å². The van der Waals surface area contributed by atoms with Crippen molar-refractivity contribution in [3.05, 3.63) is 58.6 Å². The van der Waals surface area contributed by atoms with Crippen LogP contribution < -0.4 is 20.7 Å². The van der Waals surface area contributed by atoms with Crippen LogP contribution in [0.2, 0.25) is 0 Å². The Morgan fingerprint density at radius 3 is 2.48 bits per heavy atom. The summed E-state index contributed by atoms with van der Waals surface area (Å²) in [4.78, 5) is 12.6. The molecule has 0 aromatic heterocycles. The minimum absolute atomic E-state index is 0.171. The van der Waals surface area contributed by atoms with E-state index in [4.69, 9.17) is 51.8 Å². The molecule has 3 N–H and O–H groups in total. The molecule has 2 aromatic carbocycles. The fraction of sp³-hybridized carbons (Fsp3) is 0.176. The first-order valence-corrected chi connectivity index (χ1v) is 9.88. The third-order valence-electron chi connectivity index (χ3n) is 3.31. The molecular formula is C17H15BrCl3N3O2S. The molecule has 2 aromatic rings. The number of para-hydroxylation sites is 1. The number of rotatable bonds is 5. The number of ether oxygens (including phenoxy) is 1. The highest BCUT2D eigenvalue weighted by Crippen LogP contribution is 2.30. The van der Waals surface area contributed by atoms with Crippen LogP contribution in [-0.4, -0.2) is 28.1 Å². The number of benzene rings is 2. The van der Waals surface area contributed by atoms with Crippen molar-refractivity contribution >= 4 is 79.7 Å². The van der Waals surface area contributed by atoms with E-state index in [0.717, 1.165) is 10.2 Å². The van der Waals surface area contributed by atoms with E-state index in [1.807, 2.05) is 24.3 Å². The molecule has 0 aliphatic rings. The van der Waals surface area contributed by atoms with E-state index >= 15 is 0 Å². The Kier molecular flexibility index (Phi) is 8.00. The average molecular weight is 512 g/mol. The Bertz CT molecular complexity index is 833. The van der Waals surface area contributed by atoms with Gasteiger partial charge in [-0.15, -0.1) is 0 Å². The van der Waals surface area contributed by atoms with Crippen molar-refractivity contribution in [3.63, 3.8) is 0 Å². The number of hydrogen-bond donors (Lipinski definition) is 3. The predicted molar refractivity (Wildman–Crippen MR) is 118 cm³/mol. The minimum atomic E-state index is -1.86. The largest absolute Gasteiger partial charge is 0.496 e. The molecule has 27 heavy (non-hydrogen) atoms. The van der Waals surface area contributed by atoms with Gasteiger partial charge in [0, 0.05) is 10.2 Å². The lowest BCUT2D eigenvalue weighted by Crippen LogP contribution is -2.56. The standard InChI is InChI=1S/C17H15BrCl3N3O2S/c1-26-13-8-3-2-7-12(13)14(25)23-15(17(19,20)21)24-16(27)22-11-6-4-5-10(18)9-11/h2-9,15H,1H3,(H,23,25)(H2,22,24,27)/t15-/m0/s1. The van der Waals surface area contributed by atoms with Crippen molar-refractivity contribution < 1.29 is 9.53 Å². The molecular weight excluding hydrogens is 497 g/mol. The van der Waals surface area contributed by atoms with Gasteiger partial charge in [-0.25, -0.2) is 0 Å². The number of carbonyl (C=O) groups excluding carboxylic acids is 1. The summed E-state index contributed by atoms with van der Waals surface area (Å²) in [6.45, 7) is 0. The zero-order valence-corrected chi connectivity index (χ0v) is 18.6. The lowest BCUT2D eigenvalue weighted by Gasteiger charge is -2.28. The summed E-state index contributed by atoms with van der Waals surface area (Å²) in [5, 5.41) is 8.54. The number of alkyl halides is 3. The summed E-state index contributed by atoms with van der Waals surface area (Å²) in [6.07, 6.45) is -1.09. The van der Waals surface area contributed by atoms with Gasteiger partial charge in [0.2, 0.25) is 3.79 Å². The highest BCUT2D eigenvalue weighted by atomic mass is 79.9. The number of hydrogen-bond acceptors (Lipinski definition) is 3. The molecule has 0 unspecified atom stereocenters. The van der Waals surface area contributed by atoms with Crippen LogP contribution in [0.1, 0.15) is 10.4 Å². The normalized spacial score (nSPS) is 12.0. The van der Waals surface area contributed by atoms with E-state index in [0.29, 0.717) is 11.3 Å². The van der Waals surface area contributed by atoms with Crippen LogP contribution in [-0.2, 0) is 0 Å². The van der Waals surface area contributed by atoms with Gasteiger partial charge in [-0.1, -0.05) is 68.9 Å². The number of nitrogens with one attached hydrogen (secondary N) is 3. The second-order valence-corrected chi connectivity index (χ2v) is 8.95. The Morgan fingerprint density at radius 2 is 1.85 bits per heavy atom. The first kappa shape index (κ1) is 22.0. The molecule has 1 amide bonds. The quantitative estimate of drug-likeness (QED) is 0.304. The Morgan fingerprint density at radius 1 is 1.15 bits per heavy atom. The van der Waals surface area contributed by atoms with E-state index in [1.165, 1.54) is 7.11 Å². The smallest absolute Gasteiger partial charge is 0.256 e. The summed E-state index contributed by atoms with van der Waals surface area (Å²) in [5.41, 5.74) is 1.02. The highest BCUT2D eigenvalue weighted by Gasteiger charge is 2.35. The van der Waals surface area contributed by atoms with E-state index in [9.17, 15) is 4.79 Å². The molecule has 10 heteroatoms. The molecule has 0 bridgehead atoms. The number of amides is 1. The lowest BCUT2D eigenvalue weighted by molar-refractivity contribution is 0.0931. The topological polar surface area (TPSA) is 62.4 Å². The zero-order valence-electron chi connectivity index (χ0n) is 13.9. The number of carbonyl (C=O) groups is 1. The first-order valence-electron chi connectivity index (χ1n) is 7.54. The Hall–Kier alpha value is -1.25. The summed E-state index contributed by atoms with van der Waals surface area (Å²) < 4.78 is 4.19. The summed E-state index contributed by atoms with van der Waals surface area (Å²) >= 11 is 26.6.